The summed E-state index contributed by atoms with van der Waals surface area (Å²) in [5.74, 6) is 0. The molecule has 156 valence electrons. The molecule has 0 aliphatic heterocycles. The maximum atomic E-state index is 12.3. The maximum absolute atomic E-state index is 12.3. The van der Waals surface area contributed by atoms with Crippen LogP contribution in [0.5, 0.6) is 0 Å². The van der Waals surface area contributed by atoms with E-state index in [1.54, 1.807) is 20.8 Å². The molecular weight excluding hydrogens is 436 g/mol. The molecule has 2 amide bonds. The number of halogens is 1. The van der Waals surface area contributed by atoms with Crippen LogP contribution in [0.25, 0.3) is 0 Å². The summed E-state index contributed by atoms with van der Waals surface area (Å²) >= 11 is 3.45. The third-order valence-corrected chi connectivity index (χ3v) is 4.35. The first kappa shape index (κ1) is 22.7. The Kier molecular flexibility index (Phi) is 8.51. The zero-order chi connectivity index (χ0) is 21.3. The molecule has 0 aliphatic rings. The Balaban J connectivity index is 1.94. The summed E-state index contributed by atoms with van der Waals surface area (Å²) in [6.45, 7) is 5.95. The van der Waals surface area contributed by atoms with Gasteiger partial charge in [0.2, 0.25) is 0 Å². The van der Waals surface area contributed by atoms with Crippen molar-refractivity contribution in [2.75, 3.05) is 6.54 Å². The van der Waals surface area contributed by atoms with E-state index in [2.05, 4.69) is 26.6 Å². The minimum atomic E-state index is -0.562. The number of rotatable bonds is 7. The molecule has 0 heterocycles. The summed E-state index contributed by atoms with van der Waals surface area (Å²) in [6.07, 6.45) is -0.524. The van der Waals surface area contributed by atoms with E-state index in [1.807, 2.05) is 54.6 Å². The van der Waals surface area contributed by atoms with Crippen LogP contribution in [0.15, 0.2) is 59.1 Å². The molecule has 2 aromatic rings. The SMILES string of the molecule is CC(C)(C)OC(=O)NCC[C@@H](NC(=O)OCc1ccccc1)c1cccc(Br)c1. The normalized spacial score (nSPS) is 12.0. The Bertz CT molecular complexity index is 806. The minimum Gasteiger partial charge on any atom is -0.445 e. The highest BCUT2D eigenvalue weighted by Crippen LogP contribution is 2.21. The third-order valence-electron chi connectivity index (χ3n) is 3.86. The fourth-order valence-corrected chi connectivity index (χ4v) is 3.00. The molecule has 0 radical (unpaired) electrons. The van der Waals surface area contributed by atoms with Crippen molar-refractivity contribution in [1.82, 2.24) is 10.6 Å². The molecule has 0 saturated heterocycles. The number of nitrogens with one attached hydrogen (secondary N) is 2. The average Bonchev–Trinajstić information content (AvgIpc) is 2.65. The minimum absolute atomic E-state index is 0.189. The van der Waals surface area contributed by atoms with Crippen molar-refractivity contribution >= 4 is 28.1 Å². The third kappa shape index (κ3) is 9.00. The number of ether oxygens (including phenoxy) is 2. The van der Waals surface area contributed by atoms with Gasteiger partial charge in [-0.2, -0.15) is 0 Å². The first-order valence-corrected chi connectivity index (χ1v) is 10.2. The molecule has 0 spiro atoms. The number of carbonyl (C=O) groups excluding carboxylic acids is 2. The van der Waals surface area contributed by atoms with Gasteiger partial charge in [0.25, 0.3) is 0 Å². The molecule has 0 saturated carbocycles. The van der Waals surface area contributed by atoms with Crippen molar-refractivity contribution in [2.45, 2.75) is 45.4 Å². The Morgan fingerprint density at radius 3 is 2.41 bits per heavy atom. The number of hydrogen-bond donors (Lipinski definition) is 2. The second-order valence-electron chi connectivity index (χ2n) is 7.53. The van der Waals surface area contributed by atoms with Crippen LogP contribution in [0.3, 0.4) is 0 Å². The molecule has 0 aromatic heterocycles. The monoisotopic (exact) mass is 462 g/mol. The van der Waals surface area contributed by atoms with E-state index < -0.39 is 17.8 Å². The molecule has 2 rings (SSSR count). The lowest BCUT2D eigenvalue weighted by Crippen LogP contribution is -2.35. The summed E-state index contributed by atoms with van der Waals surface area (Å²) < 4.78 is 11.5. The van der Waals surface area contributed by atoms with Crippen LogP contribution in [0.1, 0.15) is 44.4 Å². The van der Waals surface area contributed by atoms with Crippen LogP contribution in [0.4, 0.5) is 9.59 Å². The highest BCUT2D eigenvalue weighted by molar-refractivity contribution is 9.10. The summed E-state index contributed by atoms with van der Waals surface area (Å²) in [4.78, 5) is 24.2. The number of benzene rings is 2. The molecule has 6 nitrogen and oxygen atoms in total. The molecule has 7 heteroatoms. The first-order valence-electron chi connectivity index (χ1n) is 9.42. The number of hydrogen-bond acceptors (Lipinski definition) is 4. The van der Waals surface area contributed by atoms with Gasteiger partial charge in [-0.3, -0.25) is 0 Å². The van der Waals surface area contributed by atoms with E-state index in [0.717, 1.165) is 15.6 Å². The molecule has 29 heavy (non-hydrogen) atoms. The lowest BCUT2D eigenvalue weighted by molar-refractivity contribution is 0.0526. The number of carbonyl (C=O) groups is 2. The fourth-order valence-electron chi connectivity index (χ4n) is 2.59. The van der Waals surface area contributed by atoms with Crippen LogP contribution in [0.2, 0.25) is 0 Å². The van der Waals surface area contributed by atoms with Gasteiger partial charge in [-0.15, -0.1) is 0 Å². The highest BCUT2D eigenvalue weighted by Gasteiger charge is 2.19. The van der Waals surface area contributed by atoms with Gasteiger partial charge in [0.15, 0.2) is 0 Å². The molecule has 1 atom stereocenters. The van der Waals surface area contributed by atoms with E-state index in [9.17, 15) is 9.59 Å². The van der Waals surface area contributed by atoms with Gasteiger partial charge in [-0.05, 0) is 50.5 Å². The predicted octanol–water partition coefficient (Wildman–Crippen LogP) is 5.33. The summed E-state index contributed by atoms with van der Waals surface area (Å²) in [5, 5.41) is 5.60. The van der Waals surface area contributed by atoms with Gasteiger partial charge in [0, 0.05) is 11.0 Å². The molecule has 0 aliphatic carbocycles. The Morgan fingerprint density at radius 1 is 1.03 bits per heavy atom. The van der Waals surface area contributed by atoms with Crippen LogP contribution < -0.4 is 10.6 Å². The zero-order valence-electron chi connectivity index (χ0n) is 16.9. The second-order valence-corrected chi connectivity index (χ2v) is 8.45. The van der Waals surface area contributed by atoms with Gasteiger partial charge in [0.05, 0.1) is 6.04 Å². The second kappa shape index (κ2) is 10.9. The van der Waals surface area contributed by atoms with Crippen molar-refractivity contribution in [1.29, 1.82) is 0 Å². The quantitative estimate of drug-likeness (QED) is 0.582. The number of amides is 2. The summed E-state index contributed by atoms with van der Waals surface area (Å²) in [7, 11) is 0. The van der Waals surface area contributed by atoms with E-state index in [4.69, 9.17) is 9.47 Å². The van der Waals surface area contributed by atoms with Crippen molar-refractivity contribution in [3.63, 3.8) is 0 Å². The summed E-state index contributed by atoms with van der Waals surface area (Å²) in [6, 6.07) is 16.8. The first-order chi connectivity index (χ1) is 13.7. The molecule has 0 unspecified atom stereocenters. The number of alkyl carbamates (subject to hydrolysis) is 2. The van der Waals surface area contributed by atoms with Crippen LogP contribution >= 0.6 is 15.9 Å². The highest BCUT2D eigenvalue weighted by atomic mass is 79.9. The Labute approximate surface area is 180 Å². The van der Waals surface area contributed by atoms with Gasteiger partial charge in [-0.25, -0.2) is 9.59 Å². The van der Waals surface area contributed by atoms with Gasteiger partial charge >= 0.3 is 12.2 Å². The molecule has 0 fully saturated rings. The Morgan fingerprint density at radius 2 is 1.76 bits per heavy atom. The molecule has 0 bridgehead atoms. The molecular formula is C22H27BrN2O4. The fraction of sp³-hybridized carbons (Fsp3) is 0.364. The van der Waals surface area contributed by atoms with Crippen LogP contribution in [0, 0.1) is 0 Å². The van der Waals surface area contributed by atoms with E-state index in [0.29, 0.717) is 13.0 Å². The standard InChI is InChI=1S/C22H27BrN2O4/c1-22(2,3)29-20(26)24-13-12-19(17-10-7-11-18(23)14-17)25-21(27)28-15-16-8-5-4-6-9-16/h4-11,14,19H,12-13,15H2,1-3H3,(H,24,26)(H,25,27)/t19-/m1/s1. The molecule has 2 aromatic carbocycles. The van der Waals surface area contributed by atoms with E-state index >= 15 is 0 Å². The average molecular weight is 463 g/mol. The van der Waals surface area contributed by atoms with Crippen molar-refractivity contribution in [3.8, 4) is 0 Å². The van der Waals surface area contributed by atoms with Crippen LogP contribution in [-0.4, -0.2) is 24.3 Å². The summed E-state index contributed by atoms with van der Waals surface area (Å²) in [5.41, 5.74) is 1.25. The van der Waals surface area contributed by atoms with E-state index in [-0.39, 0.29) is 12.6 Å². The lowest BCUT2D eigenvalue weighted by Gasteiger charge is -2.22. The zero-order valence-corrected chi connectivity index (χ0v) is 18.5. The van der Waals surface area contributed by atoms with Gasteiger partial charge < -0.3 is 20.1 Å². The van der Waals surface area contributed by atoms with Crippen molar-refractivity contribution < 1.29 is 19.1 Å². The molecule has 2 N–H and O–H groups in total. The predicted molar refractivity (Wildman–Crippen MR) is 115 cm³/mol. The van der Waals surface area contributed by atoms with Gasteiger partial charge in [0.1, 0.15) is 12.2 Å². The van der Waals surface area contributed by atoms with Crippen LogP contribution in [-0.2, 0) is 16.1 Å². The maximum Gasteiger partial charge on any atom is 0.407 e. The van der Waals surface area contributed by atoms with Crippen molar-refractivity contribution in [2.24, 2.45) is 0 Å². The van der Waals surface area contributed by atoms with Gasteiger partial charge in [-0.1, -0.05) is 58.4 Å². The lowest BCUT2D eigenvalue weighted by atomic mass is 10.0. The topological polar surface area (TPSA) is 76.7 Å². The van der Waals surface area contributed by atoms with E-state index in [1.165, 1.54) is 0 Å². The Hall–Kier alpha value is -2.54. The smallest absolute Gasteiger partial charge is 0.407 e. The van der Waals surface area contributed by atoms with Crippen molar-refractivity contribution in [3.05, 3.63) is 70.2 Å². The largest absolute Gasteiger partial charge is 0.445 e.